The maximum Gasteiger partial charge on any atom is 0.200 e. The number of rotatable bonds is 4. The summed E-state index contributed by atoms with van der Waals surface area (Å²) in [6.07, 6.45) is 3.03. The van der Waals surface area contributed by atoms with E-state index in [0.29, 0.717) is 11.8 Å². The van der Waals surface area contributed by atoms with Gasteiger partial charge in [0, 0.05) is 6.42 Å². The van der Waals surface area contributed by atoms with Crippen molar-refractivity contribution in [2.75, 3.05) is 0 Å². The summed E-state index contributed by atoms with van der Waals surface area (Å²) in [6, 6.07) is 6.46. The van der Waals surface area contributed by atoms with E-state index >= 15 is 0 Å². The van der Waals surface area contributed by atoms with E-state index in [0.717, 1.165) is 25.0 Å². The van der Waals surface area contributed by atoms with Crippen molar-refractivity contribution >= 4 is 0 Å². The molecule has 1 fully saturated rings. The van der Waals surface area contributed by atoms with E-state index in [2.05, 4.69) is 45.9 Å². The molecule has 105 valence electrons. The summed E-state index contributed by atoms with van der Waals surface area (Å²) in [4.78, 5) is 0. The Morgan fingerprint density at radius 1 is 1.11 bits per heavy atom. The van der Waals surface area contributed by atoms with Crippen molar-refractivity contribution in [3.8, 4) is 5.75 Å². The summed E-state index contributed by atoms with van der Waals surface area (Å²) in [5.74, 6) is 1.95. The molecule has 1 aromatic carbocycles. The number of para-hydroxylation sites is 1. The fraction of sp³-hybridized carbons (Fsp3) is 0.588. The molecule has 0 aromatic heterocycles. The summed E-state index contributed by atoms with van der Waals surface area (Å²) in [5, 5.41) is 0. The molecule has 0 amide bonds. The summed E-state index contributed by atoms with van der Waals surface area (Å²) >= 11 is 0. The molecule has 0 bridgehead atoms. The molecule has 0 saturated carbocycles. The lowest BCUT2D eigenvalue weighted by molar-refractivity contribution is -0.0764. The largest absolute Gasteiger partial charge is 0.464 e. The molecule has 2 rings (SSSR count). The highest BCUT2D eigenvalue weighted by atomic mass is 16.7. The maximum absolute atomic E-state index is 6.19. The average Bonchev–Trinajstić information content (AvgIpc) is 2.39. The number of hydrogen-bond donors (Lipinski definition) is 0. The van der Waals surface area contributed by atoms with Crippen molar-refractivity contribution in [1.29, 1.82) is 0 Å². The van der Waals surface area contributed by atoms with E-state index in [4.69, 9.17) is 9.47 Å². The van der Waals surface area contributed by atoms with E-state index in [1.807, 2.05) is 6.61 Å². The fourth-order valence-electron chi connectivity index (χ4n) is 2.45. The normalized spacial score (nSPS) is 20.0. The van der Waals surface area contributed by atoms with Gasteiger partial charge in [-0.3, -0.25) is 0 Å². The Hall–Kier alpha value is -1.02. The Morgan fingerprint density at radius 3 is 2.21 bits per heavy atom. The number of benzene rings is 1. The highest BCUT2D eigenvalue weighted by Crippen LogP contribution is 2.36. The van der Waals surface area contributed by atoms with Crippen LogP contribution in [0.5, 0.6) is 5.75 Å². The van der Waals surface area contributed by atoms with Gasteiger partial charge in [0.05, 0.1) is 6.61 Å². The lowest BCUT2D eigenvalue weighted by Gasteiger charge is -2.27. The molecule has 0 aliphatic carbocycles. The molecular formula is C17H25O2. The van der Waals surface area contributed by atoms with Gasteiger partial charge in [0.1, 0.15) is 5.75 Å². The van der Waals surface area contributed by atoms with Gasteiger partial charge in [-0.15, -0.1) is 0 Å². The second-order valence-corrected chi connectivity index (χ2v) is 5.86. The van der Waals surface area contributed by atoms with Crippen LogP contribution in [0.15, 0.2) is 18.2 Å². The molecule has 1 aromatic rings. The number of hydrogen-bond acceptors (Lipinski definition) is 2. The Bertz CT molecular complexity index is 377. The van der Waals surface area contributed by atoms with Crippen LogP contribution in [0.2, 0.25) is 0 Å². The second-order valence-electron chi connectivity index (χ2n) is 5.86. The topological polar surface area (TPSA) is 18.5 Å². The van der Waals surface area contributed by atoms with Crippen LogP contribution in [0.25, 0.3) is 0 Å². The molecule has 2 heteroatoms. The van der Waals surface area contributed by atoms with Crippen LogP contribution in [0, 0.1) is 6.61 Å². The van der Waals surface area contributed by atoms with E-state index in [-0.39, 0.29) is 6.29 Å². The van der Waals surface area contributed by atoms with Crippen LogP contribution in [0.1, 0.15) is 69.9 Å². The van der Waals surface area contributed by atoms with Gasteiger partial charge in [-0.05, 0) is 35.8 Å². The highest BCUT2D eigenvalue weighted by Gasteiger charge is 2.21. The number of ether oxygens (including phenoxy) is 2. The van der Waals surface area contributed by atoms with Gasteiger partial charge in [0.2, 0.25) is 0 Å². The highest BCUT2D eigenvalue weighted by molar-refractivity contribution is 5.45. The molecule has 1 aliphatic rings. The molecule has 1 saturated heterocycles. The van der Waals surface area contributed by atoms with Crippen LogP contribution < -0.4 is 4.74 Å². The van der Waals surface area contributed by atoms with Crippen molar-refractivity contribution in [1.82, 2.24) is 0 Å². The first-order valence-corrected chi connectivity index (χ1v) is 7.36. The molecule has 0 N–H and O–H groups in total. The van der Waals surface area contributed by atoms with Crippen LogP contribution >= 0.6 is 0 Å². The lowest BCUT2D eigenvalue weighted by Crippen LogP contribution is -2.24. The fourth-order valence-corrected chi connectivity index (χ4v) is 2.45. The Balaban J connectivity index is 2.28. The van der Waals surface area contributed by atoms with E-state index in [1.54, 1.807) is 0 Å². The molecule has 1 unspecified atom stereocenters. The molecular weight excluding hydrogens is 236 g/mol. The van der Waals surface area contributed by atoms with Gasteiger partial charge in [0.15, 0.2) is 6.29 Å². The van der Waals surface area contributed by atoms with Gasteiger partial charge in [-0.1, -0.05) is 45.9 Å². The van der Waals surface area contributed by atoms with Gasteiger partial charge < -0.3 is 9.47 Å². The Morgan fingerprint density at radius 2 is 1.74 bits per heavy atom. The third-order valence-corrected chi connectivity index (χ3v) is 3.58. The molecule has 1 aliphatic heterocycles. The first-order chi connectivity index (χ1) is 9.09. The third kappa shape index (κ3) is 3.50. The van der Waals surface area contributed by atoms with Gasteiger partial charge in [0.25, 0.3) is 0 Å². The summed E-state index contributed by atoms with van der Waals surface area (Å²) in [7, 11) is 0. The first kappa shape index (κ1) is 14.4. The quantitative estimate of drug-likeness (QED) is 0.759. The van der Waals surface area contributed by atoms with Crippen LogP contribution in [0.3, 0.4) is 0 Å². The smallest absolute Gasteiger partial charge is 0.200 e. The van der Waals surface area contributed by atoms with Gasteiger partial charge in [-0.2, -0.15) is 0 Å². The zero-order chi connectivity index (χ0) is 13.8. The predicted octanol–water partition coefficient (Wildman–Crippen LogP) is 5.00. The molecule has 1 radical (unpaired) electrons. The predicted molar refractivity (Wildman–Crippen MR) is 78.3 cm³/mol. The minimum atomic E-state index is -0.119. The molecule has 19 heavy (non-hydrogen) atoms. The summed E-state index contributed by atoms with van der Waals surface area (Å²) < 4.78 is 11.8. The van der Waals surface area contributed by atoms with Crippen LogP contribution in [-0.4, -0.2) is 6.29 Å². The molecule has 2 nitrogen and oxygen atoms in total. The Labute approximate surface area is 117 Å². The molecule has 1 heterocycles. The Kier molecular flexibility index (Phi) is 4.87. The lowest BCUT2D eigenvalue weighted by atomic mass is 9.94. The summed E-state index contributed by atoms with van der Waals surface area (Å²) in [5.41, 5.74) is 2.56. The monoisotopic (exact) mass is 261 g/mol. The standard InChI is InChI=1S/C17H25O2/c1-12(2)14-8-7-9-15(13(3)4)17(14)19-16-10-5-6-11-18-16/h7-9,11-13,16H,5-6,10H2,1-4H3. The van der Waals surface area contributed by atoms with E-state index in [9.17, 15) is 0 Å². The van der Waals surface area contributed by atoms with Crippen LogP contribution in [-0.2, 0) is 4.74 Å². The van der Waals surface area contributed by atoms with Gasteiger partial charge >= 0.3 is 0 Å². The zero-order valence-electron chi connectivity index (χ0n) is 12.5. The zero-order valence-corrected chi connectivity index (χ0v) is 12.5. The second kappa shape index (κ2) is 6.42. The first-order valence-electron chi connectivity index (χ1n) is 7.36. The summed E-state index contributed by atoms with van der Waals surface area (Å²) in [6.45, 7) is 10.7. The SMILES string of the molecule is CC(C)c1cccc(C(C)C)c1OC1CCC[CH]O1. The van der Waals surface area contributed by atoms with E-state index < -0.39 is 0 Å². The minimum Gasteiger partial charge on any atom is -0.464 e. The maximum atomic E-state index is 6.19. The van der Waals surface area contributed by atoms with Crippen LogP contribution in [0.4, 0.5) is 0 Å². The molecule has 1 atom stereocenters. The van der Waals surface area contributed by atoms with E-state index in [1.165, 1.54) is 11.1 Å². The average molecular weight is 261 g/mol. The van der Waals surface area contributed by atoms with Crippen molar-refractivity contribution in [3.05, 3.63) is 35.9 Å². The third-order valence-electron chi connectivity index (χ3n) is 3.58. The van der Waals surface area contributed by atoms with Crippen molar-refractivity contribution < 1.29 is 9.47 Å². The molecule has 0 spiro atoms. The van der Waals surface area contributed by atoms with Crippen molar-refractivity contribution in [3.63, 3.8) is 0 Å². The van der Waals surface area contributed by atoms with Crippen molar-refractivity contribution in [2.24, 2.45) is 0 Å². The van der Waals surface area contributed by atoms with Crippen molar-refractivity contribution in [2.45, 2.75) is 65.1 Å². The minimum absolute atomic E-state index is 0.119. The van der Waals surface area contributed by atoms with Gasteiger partial charge in [-0.25, -0.2) is 0 Å².